The van der Waals surface area contributed by atoms with E-state index in [2.05, 4.69) is 20.7 Å². The maximum Gasteiger partial charge on any atom is 0.419 e. The minimum Gasteiger partial charge on any atom is -0.480 e. The number of aliphatic carboxylic acids is 1. The normalized spacial score (nSPS) is 11.8. The van der Waals surface area contributed by atoms with Crippen LogP contribution < -0.4 is 9.03 Å². The quantitative estimate of drug-likeness (QED) is 0.299. The molecule has 1 heterocycles. The predicted octanol–water partition coefficient (Wildman–Crippen LogP) is 6.07. The monoisotopic (exact) mass is 508 g/mol. The first-order chi connectivity index (χ1) is 13.7. The Hall–Kier alpha value is -1.82. The molecular formula is C18H13BrF4N2O2S2. The molecule has 4 nitrogen and oxygen atoms in total. The average molecular weight is 509 g/mol. The van der Waals surface area contributed by atoms with Crippen molar-refractivity contribution in [3.63, 3.8) is 0 Å². The second kappa shape index (κ2) is 8.90. The van der Waals surface area contributed by atoms with Crippen molar-refractivity contribution < 1.29 is 27.5 Å². The lowest BCUT2D eigenvalue weighted by Crippen LogP contribution is -2.24. The summed E-state index contributed by atoms with van der Waals surface area (Å²) < 4.78 is 58.7. The van der Waals surface area contributed by atoms with Gasteiger partial charge < -0.3 is 5.11 Å². The molecule has 3 aromatic rings. The highest BCUT2D eigenvalue weighted by molar-refractivity contribution is 9.10. The topological polar surface area (TPSA) is 52.6 Å². The Morgan fingerprint density at radius 3 is 2.62 bits per heavy atom. The van der Waals surface area contributed by atoms with E-state index in [9.17, 15) is 22.4 Å². The molecule has 0 bridgehead atoms. The van der Waals surface area contributed by atoms with Crippen LogP contribution in [-0.2, 0) is 17.5 Å². The summed E-state index contributed by atoms with van der Waals surface area (Å²) in [5.41, 5.74) is -1.11. The molecule has 154 valence electrons. The number of alkyl halides is 3. The molecule has 3 rings (SSSR count). The van der Waals surface area contributed by atoms with Gasteiger partial charge in [-0.1, -0.05) is 24.3 Å². The molecule has 0 amide bonds. The number of carboxylic acids is 1. The van der Waals surface area contributed by atoms with Crippen molar-refractivity contribution in [2.75, 3.05) is 10.8 Å². The van der Waals surface area contributed by atoms with E-state index < -0.39 is 23.5 Å². The number of thiophene rings is 1. The number of fused-ring (bicyclic) bond motifs is 1. The summed E-state index contributed by atoms with van der Waals surface area (Å²) in [4.78, 5) is 10.8. The fourth-order valence-corrected chi connectivity index (χ4v) is 5.54. The molecule has 0 atom stereocenters. The first-order valence-electron chi connectivity index (χ1n) is 8.08. The average Bonchev–Trinajstić information content (AvgIpc) is 2.98. The minimum absolute atomic E-state index is 0.00787. The van der Waals surface area contributed by atoms with E-state index in [1.54, 1.807) is 4.31 Å². The van der Waals surface area contributed by atoms with Crippen LogP contribution in [0, 0.1) is 5.82 Å². The van der Waals surface area contributed by atoms with Gasteiger partial charge in [0.1, 0.15) is 17.4 Å². The van der Waals surface area contributed by atoms with Crippen molar-refractivity contribution in [1.82, 2.24) is 4.72 Å². The third kappa shape index (κ3) is 5.21. The van der Waals surface area contributed by atoms with Crippen molar-refractivity contribution in [1.29, 1.82) is 0 Å². The summed E-state index contributed by atoms with van der Waals surface area (Å²) >= 11 is 5.87. The van der Waals surface area contributed by atoms with Crippen molar-refractivity contribution in [2.24, 2.45) is 0 Å². The van der Waals surface area contributed by atoms with Gasteiger partial charge in [-0.15, -0.1) is 11.3 Å². The van der Waals surface area contributed by atoms with Gasteiger partial charge in [0.25, 0.3) is 0 Å². The number of hydrogen-bond acceptors (Lipinski definition) is 5. The highest BCUT2D eigenvalue weighted by atomic mass is 79.9. The summed E-state index contributed by atoms with van der Waals surface area (Å²) in [5.74, 6) is -2.42. The van der Waals surface area contributed by atoms with E-state index in [0.29, 0.717) is 5.00 Å². The van der Waals surface area contributed by atoms with Crippen LogP contribution in [0.25, 0.3) is 10.1 Å². The Labute approximate surface area is 179 Å². The van der Waals surface area contributed by atoms with Crippen molar-refractivity contribution in [3.05, 3.63) is 63.9 Å². The third-order valence-corrected chi connectivity index (χ3v) is 6.98. The number of nitrogens with one attached hydrogen (secondary N) is 1. The van der Waals surface area contributed by atoms with Crippen LogP contribution in [0.15, 0.2) is 46.9 Å². The predicted molar refractivity (Wildman–Crippen MR) is 110 cm³/mol. The number of carbonyl (C=O) groups is 1. The largest absolute Gasteiger partial charge is 0.480 e. The molecule has 29 heavy (non-hydrogen) atoms. The van der Waals surface area contributed by atoms with Crippen LogP contribution in [0.3, 0.4) is 0 Å². The zero-order valence-corrected chi connectivity index (χ0v) is 17.7. The third-order valence-electron chi connectivity index (χ3n) is 3.80. The molecule has 0 saturated carbocycles. The van der Waals surface area contributed by atoms with Crippen LogP contribution in [-0.4, -0.2) is 17.6 Å². The van der Waals surface area contributed by atoms with Gasteiger partial charge in [0.05, 0.1) is 16.6 Å². The number of carboxylic acid groups (broad SMARTS) is 1. The number of rotatable bonds is 7. The lowest BCUT2D eigenvalue weighted by molar-refractivity contribution is -0.140. The van der Waals surface area contributed by atoms with E-state index in [1.165, 1.54) is 17.4 Å². The van der Waals surface area contributed by atoms with E-state index in [-0.39, 0.29) is 18.7 Å². The van der Waals surface area contributed by atoms with Gasteiger partial charge in [0.2, 0.25) is 0 Å². The Kier molecular flexibility index (Phi) is 6.72. The van der Waals surface area contributed by atoms with Gasteiger partial charge in [-0.2, -0.15) is 13.2 Å². The van der Waals surface area contributed by atoms with Crippen LogP contribution in [0.2, 0.25) is 0 Å². The van der Waals surface area contributed by atoms with E-state index >= 15 is 0 Å². The first kappa shape index (κ1) is 21.9. The maximum absolute atomic E-state index is 13.6. The van der Waals surface area contributed by atoms with Gasteiger partial charge in [0.15, 0.2) is 0 Å². The molecule has 0 radical (unpaired) electrons. The SMILES string of the molecule is O=C(O)CNSN(Cc1ccc(F)c(C(F)(F)F)c1)c1sc2ccccc2c1Br. The summed E-state index contributed by atoms with van der Waals surface area (Å²) in [6, 6.07) is 10.3. The Bertz CT molecular complexity index is 1040. The summed E-state index contributed by atoms with van der Waals surface area (Å²) in [7, 11) is 0. The maximum atomic E-state index is 13.6. The molecule has 0 aliphatic carbocycles. The summed E-state index contributed by atoms with van der Waals surface area (Å²) in [5, 5.41) is 10.5. The molecule has 2 aromatic carbocycles. The minimum atomic E-state index is -4.81. The van der Waals surface area contributed by atoms with Crippen LogP contribution >= 0.6 is 39.4 Å². The van der Waals surface area contributed by atoms with Crippen LogP contribution in [0.1, 0.15) is 11.1 Å². The van der Waals surface area contributed by atoms with Gasteiger partial charge >= 0.3 is 12.1 Å². The Morgan fingerprint density at radius 2 is 1.97 bits per heavy atom. The molecule has 0 fully saturated rings. The van der Waals surface area contributed by atoms with Gasteiger partial charge in [-0.25, -0.2) is 9.11 Å². The van der Waals surface area contributed by atoms with E-state index in [1.807, 2.05) is 24.3 Å². The van der Waals surface area contributed by atoms with Crippen LogP contribution in [0.4, 0.5) is 22.6 Å². The smallest absolute Gasteiger partial charge is 0.419 e. The summed E-state index contributed by atoms with van der Waals surface area (Å²) in [6.07, 6.45) is -4.81. The summed E-state index contributed by atoms with van der Waals surface area (Å²) in [6.45, 7) is -0.354. The molecule has 2 N–H and O–H groups in total. The number of anilines is 1. The number of benzene rings is 2. The number of hydrogen-bond donors (Lipinski definition) is 2. The highest BCUT2D eigenvalue weighted by Gasteiger charge is 2.34. The standard InChI is InChI=1S/C18H13BrF4N2O2S2/c19-16-11-3-1-2-4-14(11)28-17(16)25(29-24-8-15(26)27)9-10-5-6-13(20)12(7-10)18(21,22)23/h1-7,24H,8-9H2,(H,26,27). The van der Waals surface area contributed by atoms with Gasteiger partial charge in [0, 0.05) is 22.2 Å². The van der Waals surface area contributed by atoms with Crippen LogP contribution in [0.5, 0.6) is 0 Å². The Balaban J connectivity index is 1.95. The first-order valence-corrected chi connectivity index (χ1v) is 10.5. The molecule has 0 saturated heterocycles. The Morgan fingerprint density at radius 1 is 1.24 bits per heavy atom. The molecule has 11 heteroatoms. The van der Waals surface area contributed by atoms with Crippen molar-refractivity contribution in [2.45, 2.75) is 12.7 Å². The molecule has 1 aromatic heterocycles. The fraction of sp³-hybridized carbons (Fsp3) is 0.167. The number of halogens is 5. The van der Waals surface area contributed by atoms with Gasteiger partial charge in [-0.3, -0.25) is 9.10 Å². The molecule has 0 unspecified atom stereocenters. The zero-order valence-electron chi connectivity index (χ0n) is 14.5. The zero-order chi connectivity index (χ0) is 21.2. The number of nitrogens with zero attached hydrogens (tertiary/aromatic N) is 1. The lowest BCUT2D eigenvalue weighted by Gasteiger charge is -2.22. The molecule has 0 spiro atoms. The van der Waals surface area contributed by atoms with Crippen molar-refractivity contribution >= 4 is 60.5 Å². The van der Waals surface area contributed by atoms with E-state index in [4.69, 9.17) is 5.11 Å². The molecule has 0 aliphatic heterocycles. The fourth-order valence-electron chi connectivity index (χ4n) is 2.53. The lowest BCUT2D eigenvalue weighted by atomic mass is 10.1. The van der Waals surface area contributed by atoms with E-state index in [0.717, 1.165) is 38.8 Å². The van der Waals surface area contributed by atoms with Gasteiger partial charge in [-0.05, 0) is 39.7 Å². The second-order valence-electron chi connectivity index (χ2n) is 5.87. The highest BCUT2D eigenvalue weighted by Crippen LogP contribution is 2.44. The second-order valence-corrected chi connectivity index (χ2v) is 8.61. The molecular weight excluding hydrogens is 496 g/mol. The molecule has 0 aliphatic rings. The van der Waals surface area contributed by atoms with Crippen molar-refractivity contribution in [3.8, 4) is 0 Å².